The number of para-hydroxylation sites is 1. The van der Waals surface area contributed by atoms with E-state index in [0.717, 1.165) is 16.6 Å². The van der Waals surface area contributed by atoms with Crippen LogP contribution in [0.3, 0.4) is 0 Å². The zero-order chi connectivity index (χ0) is 12.8. The van der Waals surface area contributed by atoms with Gasteiger partial charge in [0.15, 0.2) is 0 Å². The van der Waals surface area contributed by atoms with Gasteiger partial charge in [0.1, 0.15) is 0 Å². The Morgan fingerprint density at radius 2 is 1.89 bits per heavy atom. The molecule has 1 unspecified atom stereocenters. The number of anilines is 1. The van der Waals surface area contributed by atoms with Crippen LogP contribution in [0.25, 0.3) is 0 Å². The Hall–Kier alpha value is -1.54. The smallest absolute Gasteiger partial charge is 0.0548 e. The molecule has 0 bridgehead atoms. The summed E-state index contributed by atoms with van der Waals surface area (Å²) in [7, 11) is 0. The maximum absolute atomic E-state index is 3.84. The van der Waals surface area contributed by atoms with Crippen LogP contribution in [0.5, 0.6) is 0 Å². The van der Waals surface area contributed by atoms with Crippen molar-refractivity contribution in [1.29, 1.82) is 0 Å². The van der Waals surface area contributed by atoms with Crippen LogP contribution in [-0.4, -0.2) is 0 Å². The predicted octanol–water partition coefficient (Wildman–Crippen LogP) is 5.18. The van der Waals surface area contributed by atoms with Crippen molar-refractivity contribution < 1.29 is 0 Å². The lowest BCUT2D eigenvalue weighted by Gasteiger charge is -2.19. The Morgan fingerprint density at radius 1 is 1.11 bits per heavy atom. The van der Waals surface area contributed by atoms with E-state index in [-0.39, 0.29) is 6.04 Å². The lowest BCUT2D eigenvalue weighted by Crippen LogP contribution is -2.09. The van der Waals surface area contributed by atoms with E-state index in [1.807, 2.05) is 30.3 Å². The summed E-state index contributed by atoms with van der Waals surface area (Å²) < 4.78 is 1.10. The van der Waals surface area contributed by atoms with Gasteiger partial charge in [-0.25, -0.2) is 0 Å². The van der Waals surface area contributed by atoms with E-state index in [4.69, 9.17) is 0 Å². The van der Waals surface area contributed by atoms with Crippen molar-refractivity contribution in [3.8, 4) is 0 Å². The van der Waals surface area contributed by atoms with E-state index in [1.54, 1.807) is 0 Å². The van der Waals surface area contributed by atoms with E-state index < -0.39 is 0 Å². The van der Waals surface area contributed by atoms with E-state index in [9.17, 15) is 0 Å². The van der Waals surface area contributed by atoms with Crippen molar-refractivity contribution in [2.75, 3.05) is 5.32 Å². The zero-order valence-corrected chi connectivity index (χ0v) is 11.7. The normalized spacial score (nSPS) is 11.8. The maximum atomic E-state index is 3.84. The molecule has 0 aromatic heterocycles. The standard InChI is InChI=1S/C16H16BrN/c1-2-7-16(13-8-6-9-14(17)12-13)18-15-10-4-3-5-11-15/h2-6,8-12,16,18H,1,7H2. The fraction of sp³-hybridized carbons (Fsp3) is 0.125. The van der Waals surface area contributed by atoms with Crippen LogP contribution in [0.4, 0.5) is 5.69 Å². The fourth-order valence-corrected chi connectivity index (χ4v) is 2.32. The number of benzene rings is 2. The van der Waals surface area contributed by atoms with Gasteiger partial charge in [-0.3, -0.25) is 0 Å². The number of hydrogen-bond donors (Lipinski definition) is 1. The number of halogens is 1. The van der Waals surface area contributed by atoms with Crippen molar-refractivity contribution in [2.24, 2.45) is 0 Å². The van der Waals surface area contributed by atoms with Gasteiger partial charge in [0.25, 0.3) is 0 Å². The Kier molecular flexibility index (Phi) is 4.59. The first kappa shape index (κ1) is 12.9. The molecule has 2 rings (SSSR count). The zero-order valence-electron chi connectivity index (χ0n) is 10.1. The number of rotatable bonds is 5. The molecule has 1 atom stereocenters. The van der Waals surface area contributed by atoms with E-state index >= 15 is 0 Å². The molecule has 0 saturated carbocycles. The molecule has 0 amide bonds. The second kappa shape index (κ2) is 6.41. The molecule has 2 aromatic rings. The minimum absolute atomic E-state index is 0.252. The Bertz CT molecular complexity index is 508. The van der Waals surface area contributed by atoms with Crippen molar-refractivity contribution in [3.05, 3.63) is 77.3 Å². The molecule has 1 N–H and O–H groups in total. The third kappa shape index (κ3) is 3.47. The summed E-state index contributed by atoms with van der Waals surface area (Å²) in [5.74, 6) is 0. The second-order valence-electron chi connectivity index (χ2n) is 4.14. The quantitative estimate of drug-likeness (QED) is 0.751. The van der Waals surface area contributed by atoms with Crippen LogP contribution in [0.2, 0.25) is 0 Å². The van der Waals surface area contributed by atoms with Crippen LogP contribution >= 0.6 is 15.9 Å². The third-order valence-electron chi connectivity index (χ3n) is 2.77. The Morgan fingerprint density at radius 3 is 2.56 bits per heavy atom. The highest BCUT2D eigenvalue weighted by atomic mass is 79.9. The molecular weight excluding hydrogens is 286 g/mol. The molecule has 0 aliphatic carbocycles. The molecule has 92 valence electrons. The second-order valence-corrected chi connectivity index (χ2v) is 5.06. The highest BCUT2D eigenvalue weighted by Crippen LogP contribution is 2.25. The number of hydrogen-bond acceptors (Lipinski definition) is 1. The molecule has 0 aliphatic rings. The molecule has 0 radical (unpaired) electrons. The van der Waals surface area contributed by atoms with Gasteiger partial charge in [0, 0.05) is 10.2 Å². The lowest BCUT2D eigenvalue weighted by atomic mass is 10.0. The van der Waals surface area contributed by atoms with Gasteiger partial charge in [0.05, 0.1) is 6.04 Å². The number of nitrogens with one attached hydrogen (secondary N) is 1. The molecule has 1 nitrogen and oxygen atoms in total. The van der Waals surface area contributed by atoms with Gasteiger partial charge in [-0.15, -0.1) is 6.58 Å². The Balaban J connectivity index is 2.20. The van der Waals surface area contributed by atoms with Crippen molar-refractivity contribution in [1.82, 2.24) is 0 Å². The minimum Gasteiger partial charge on any atom is -0.378 e. The molecular formula is C16H16BrN. The summed E-state index contributed by atoms with van der Waals surface area (Å²) in [6, 6.07) is 18.9. The summed E-state index contributed by atoms with van der Waals surface area (Å²) in [5, 5.41) is 3.53. The van der Waals surface area contributed by atoms with Crippen LogP contribution in [-0.2, 0) is 0 Å². The van der Waals surface area contributed by atoms with E-state index in [1.165, 1.54) is 5.56 Å². The summed E-state index contributed by atoms with van der Waals surface area (Å²) in [6.45, 7) is 3.84. The summed E-state index contributed by atoms with van der Waals surface area (Å²) in [5.41, 5.74) is 2.39. The van der Waals surface area contributed by atoms with Gasteiger partial charge in [-0.2, -0.15) is 0 Å². The minimum atomic E-state index is 0.252. The molecule has 0 saturated heterocycles. The molecule has 0 fully saturated rings. The highest BCUT2D eigenvalue weighted by Gasteiger charge is 2.09. The first-order chi connectivity index (χ1) is 8.79. The largest absolute Gasteiger partial charge is 0.378 e. The summed E-state index contributed by atoms with van der Waals surface area (Å²) >= 11 is 3.51. The maximum Gasteiger partial charge on any atom is 0.0548 e. The van der Waals surface area contributed by atoms with Gasteiger partial charge in [-0.05, 0) is 36.2 Å². The van der Waals surface area contributed by atoms with Crippen LogP contribution < -0.4 is 5.32 Å². The van der Waals surface area contributed by atoms with E-state index in [0.29, 0.717) is 0 Å². The van der Waals surface area contributed by atoms with Gasteiger partial charge >= 0.3 is 0 Å². The first-order valence-electron chi connectivity index (χ1n) is 5.97. The molecule has 0 heterocycles. The molecule has 2 aromatic carbocycles. The van der Waals surface area contributed by atoms with Gasteiger partial charge in [0.2, 0.25) is 0 Å². The topological polar surface area (TPSA) is 12.0 Å². The average molecular weight is 302 g/mol. The fourth-order valence-electron chi connectivity index (χ4n) is 1.90. The van der Waals surface area contributed by atoms with Crippen molar-refractivity contribution in [3.63, 3.8) is 0 Å². The summed E-state index contributed by atoms with van der Waals surface area (Å²) in [4.78, 5) is 0. The molecule has 2 heteroatoms. The Labute approximate surface area is 117 Å². The van der Waals surface area contributed by atoms with Crippen LogP contribution in [0.15, 0.2) is 71.7 Å². The average Bonchev–Trinajstić information content (AvgIpc) is 2.39. The molecule has 18 heavy (non-hydrogen) atoms. The van der Waals surface area contributed by atoms with Gasteiger partial charge in [-0.1, -0.05) is 52.3 Å². The highest BCUT2D eigenvalue weighted by molar-refractivity contribution is 9.10. The van der Waals surface area contributed by atoms with Crippen molar-refractivity contribution >= 4 is 21.6 Å². The molecule has 0 spiro atoms. The lowest BCUT2D eigenvalue weighted by molar-refractivity contribution is 0.798. The summed E-state index contributed by atoms with van der Waals surface area (Å²) in [6.07, 6.45) is 2.84. The van der Waals surface area contributed by atoms with Crippen molar-refractivity contribution in [2.45, 2.75) is 12.5 Å². The van der Waals surface area contributed by atoms with Gasteiger partial charge < -0.3 is 5.32 Å². The molecule has 0 aliphatic heterocycles. The van der Waals surface area contributed by atoms with E-state index in [2.05, 4.69) is 58.2 Å². The predicted molar refractivity (Wildman–Crippen MR) is 81.8 cm³/mol. The van der Waals surface area contributed by atoms with Crippen LogP contribution in [0.1, 0.15) is 18.0 Å². The third-order valence-corrected chi connectivity index (χ3v) is 3.26. The van der Waals surface area contributed by atoms with Crippen LogP contribution in [0, 0.1) is 0 Å². The monoisotopic (exact) mass is 301 g/mol. The SMILES string of the molecule is C=CCC(Nc1ccccc1)c1cccc(Br)c1. The first-order valence-corrected chi connectivity index (χ1v) is 6.77.